The minimum Gasteiger partial charge on any atom is -0.444 e. The van der Waals surface area contributed by atoms with Gasteiger partial charge in [-0.3, -0.25) is 4.79 Å². The monoisotopic (exact) mass is 546 g/mol. The van der Waals surface area contributed by atoms with Gasteiger partial charge in [-0.2, -0.15) is 13.2 Å². The van der Waals surface area contributed by atoms with E-state index in [0.29, 0.717) is 35.4 Å². The number of benzene rings is 2. The molecule has 0 unspecified atom stereocenters. The van der Waals surface area contributed by atoms with Crippen LogP contribution in [0.2, 0.25) is 0 Å². The average molecular weight is 547 g/mol. The van der Waals surface area contributed by atoms with E-state index in [1.54, 1.807) is 49.6 Å². The zero-order chi connectivity index (χ0) is 28.2. The van der Waals surface area contributed by atoms with Crippen molar-refractivity contribution in [2.24, 2.45) is 0 Å². The number of anilines is 1. The molecule has 1 N–H and O–H groups in total. The lowest BCUT2D eigenvalue weighted by Crippen LogP contribution is -2.32. The smallest absolute Gasteiger partial charge is 0.407 e. The number of ether oxygens (including phenoxy) is 1. The van der Waals surface area contributed by atoms with E-state index in [-0.39, 0.29) is 32.0 Å². The van der Waals surface area contributed by atoms with Crippen LogP contribution in [0, 0.1) is 5.82 Å². The van der Waals surface area contributed by atoms with Crippen molar-refractivity contribution in [2.75, 3.05) is 4.90 Å². The Morgan fingerprint density at radius 1 is 1.13 bits per heavy atom. The normalized spacial score (nSPS) is 16.2. The zero-order valence-corrected chi connectivity index (χ0v) is 22.0. The number of nitrogens with zero attached hydrogens (tertiary/aromatic N) is 3. The van der Waals surface area contributed by atoms with Gasteiger partial charge in [-0.1, -0.05) is 12.1 Å². The van der Waals surface area contributed by atoms with Crippen molar-refractivity contribution in [3.63, 3.8) is 0 Å². The maximum Gasteiger partial charge on any atom is 0.407 e. The minimum atomic E-state index is -4.29. The number of aryl methyl sites for hydroxylation is 1. The number of amides is 2. The number of hydrogen-bond acceptors (Lipinski definition) is 4. The number of imidazole rings is 1. The highest BCUT2D eigenvalue weighted by molar-refractivity contribution is 6.10. The van der Waals surface area contributed by atoms with E-state index in [4.69, 9.17) is 4.74 Å². The quantitative estimate of drug-likeness (QED) is 0.362. The third kappa shape index (κ3) is 5.58. The lowest BCUT2D eigenvalue weighted by molar-refractivity contribution is -0.135. The number of aromatic nitrogens is 2. The number of carbonyl (C=O) groups is 2. The van der Waals surface area contributed by atoms with Crippen LogP contribution in [0.15, 0.2) is 36.4 Å². The summed E-state index contributed by atoms with van der Waals surface area (Å²) in [6.07, 6.45) is -4.63. The van der Waals surface area contributed by atoms with Gasteiger partial charge in [0.2, 0.25) is 5.91 Å². The van der Waals surface area contributed by atoms with Gasteiger partial charge in [0.05, 0.1) is 28.7 Å². The number of alkyl halides is 3. The number of halogens is 4. The Morgan fingerprint density at radius 3 is 2.54 bits per heavy atom. The molecule has 1 aliphatic carbocycles. The van der Waals surface area contributed by atoms with Crippen LogP contribution in [0.3, 0.4) is 0 Å². The molecule has 0 bridgehead atoms. The van der Waals surface area contributed by atoms with E-state index < -0.39 is 35.5 Å². The first kappa shape index (κ1) is 27.0. The molecular weight excluding hydrogens is 516 g/mol. The van der Waals surface area contributed by atoms with Crippen LogP contribution in [-0.4, -0.2) is 33.3 Å². The molecule has 1 spiro atoms. The van der Waals surface area contributed by atoms with Crippen LogP contribution in [-0.2, 0) is 34.6 Å². The van der Waals surface area contributed by atoms with E-state index in [2.05, 4.69) is 10.3 Å². The maximum absolute atomic E-state index is 14.2. The molecule has 2 heterocycles. The van der Waals surface area contributed by atoms with Gasteiger partial charge in [-0.05, 0) is 75.4 Å². The molecule has 208 valence electrons. The fourth-order valence-electron chi connectivity index (χ4n) is 5.15. The molecule has 0 saturated heterocycles. The predicted octanol–water partition coefficient (Wildman–Crippen LogP) is 6.12. The fourth-order valence-corrected chi connectivity index (χ4v) is 5.15. The number of alkyl carbamates (subject to hydrolysis) is 1. The number of fused-ring (bicyclic) bond motifs is 3. The van der Waals surface area contributed by atoms with Gasteiger partial charge >= 0.3 is 12.3 Å². The Bertz CT molecular complexity index is 1440. The molecule has 1 aliphatic heterocycles. The average Bonchev–Trinajstić information content (AvgIpc) is 3.52. The fraction of sp³-hybridized carbons (Fsp3) is 0.464. The van der Waals surface area contributed by atoms with Crippen molar-refractivity contribution < 1.29 is 31.9 Å². The summed E-state index contributed by atoms with van der Waals surface area (Å²) in [5, 5.41) is 2.68. The topological polar surface area (TPSA) is 76.5 Å². The van der Waals surface area contributed by atoms with Crippen molar-refractivity contribution in [3.8, 4) is 0 Å². The lowest BCUT2D eigenvalue weighted by atomic mass is 9.98. The first-order chi connectivity index (χ1) is 18.3. The first-order valence-electron chi connectivity index (χ1n) is 12.9. The van der Waals surface area contributed by atoms with E-state index in [1.165, 1.54) is 17.0 Å². The van der Waals surface area contributed by atoms with E-state index in [9.17, 15) is 27.2 Å². The number of carbonyl (C=O) groups excluding carboxylic acids is 2. The predicted molar refractivity (Wildman–Crippen MR) is 137 cm³/mol. The third-order valence-corrected chi connectivity index (χ3v) is 7.04. The second-order valence-corrected chi connectivity index (χ2v) is 11.2. The maximum atomic E-state index is 14.2. The van der Waals surface area contributed by atoms with Gasteiger partial charge in [-0.25, -0.2) is 14.2 Å². The Kier molecular flexibility index (Phi) is 6.59. The van der Waals surface area contributed by atoms with Crippen LogP contribution in [0.5, 0.6) is 0 Å². The highest BCUT2D eigenvalue weighted by Crippen LogP contribution is 2.57. The minimum absolute atomic E-state index is 0.00320. The molecule has 5 rings (SSSR count). The summed E-state index contributed by atoms with van der Waals surface area (Å²) >= 11 is 0. The SMILES string of the molecule is CC(C)(C)OC(=O)NCc1ccc2c(c1)nc(CN1C(=O)C3(CC3)c3ccc(F)cc31)n2CCCC(F)(F)F. The van der Waals surface area contributed by atoms with Gasteiger partial charge in [-0.15, -0.1) is 0 Å². The van der Waals surface area contributed by atoms with Crippen LogP contribution in [0.1, 0.15) is 63.4 Å². The van der Waals surface area contributed by atoms with Crippen LogP contribution >= 0.6 is 0 Å². The molecule has 2 aromatic carbocycles. The van der Waals surface area contributed by atoms with Gasteiger partial charge in [0, 0.05) is 19.5 Å². The number of nitrogens with one attached hydrogen (secondary N) is 1. The van der Waals surface area contributed by atoms with Crippen LogP contribution in [0.25, 0.3) is 11.0 Å². The Labute approximate surface area is 223 Å². The lowest BCUT2D eigenvalue weighted by Gasteiger charge is -2.19. The van der Waals surface area contributed by atoms with Gasteiger partial charge in [0.15, 0.2) is 0 Å². The van der Waals surface area contributed by atoms with Crippen molar-refractivity contribution in [3.05, 3.63) is 59.2 Å². The van der Waals surface area contributed by atoms with Crippen molar-refractivity contribution in [2.45, 2.75) is 83.3 Å². The zero-order valence-electron chi connectivity index (χ0n) is 22.0. The second kappa shape index (κ2) is 9.53. The molecule has 2 aliphatic rings. The van der Waals surface area contributed by atoms with Crippen molar-refractivity contribution >= 4 is 28.7 Å². The van der Waals surface area contributed by atoms with Gasteiger partial charge in [0.25, 0.3) is 0 Å². The molecule has 1 fully saturated rings. The molecule has 1 aromatic heterocycles. The second-order valence-electron chi connectivity index (χ2n) is 11.2. The van der Waals surface area contributed by atoms with Crippen molar-refractivity contribution in [1.29, 1.82) is 0 Å². The Morgan fingerprint density at radius 2 is 1.87 bits per heavy atom. The standard InChI is InChI=1S/C28H30F4N4O3/c1-26(2,3)39-25(38)33-15-17-5-8-21-20(13-17)34-23(35(21)12-4-9-28(30,31)32)16-36-22-14-18(29)6-7-19(22)27(10-11-27)24(36)37/h5-8,13-14H,4,9-12,15-16H2,1-3H3,(H,33,38). The van der Waals surface area contributed by atoms with E-state index in [0.717, 1.165) is 11.1 Å². The van der Waals surface area contributed by atoms with E-state index >= 15 is 0 Å². The summed E-state index contributed by atoms with van der Waals surface area (Å²) in [5.41, 5.74) is 1.83. The van der Waals surface area contributed by atoms with Crippen LogP contribution < -0.4 is 10.2 Å². The molecule has 0 atom stereocenters. The molecule has 39 heavy (non-hydrogen) atoms. The number of hydrogen-bond donors (Lipinski definition) is 1. The number of rotatable bonds is 7. The molecule has 0 radical (unpaired) electrons. The molecule has 3 aromatic rings. The molecule has 2 amide bonds. The molecular formula is C28H30F4N4O3. The Balaban J connectivity index is 1.44. The van der Waals surface area contributed by atoms with Gasteiger partial charge in [0.1, 0.15) is 17.2 Å². The van der Waals surface area contributed by atoms with Crippen LogP contribution in [0.4, 0.5) is 28.0 Å². The van der Waals surface area contributed by atoms with Gasteiger partial charge < -0.3 is 19.5 Å². The molecule has 11 heteroatoms. The highest BCUT2D eigenvalue weighted by Gasteiger charge is 2.59. The highest BCUT2D eigenvalue weighted by atomic mass is 19.4. The summed E-state index contributed by atoms with van der Waals surface area (Å²) in [5.74, 6) is -0.199. The summed E-state index contributed by atoms with van der Waals surface area (Å²) in [7, 11) is 0. The third-order valence-electron chi connectivity index (χ3n) is 7.04. The summed E-state index contributed by atoms with van der Waals surface area (Å²) < 4.78 is 59.9. The Hall–Kier alpha value is -3.63. The van der Waals surface area contributed by atoms with Crippen molar-refractivity contribution in [1.82, 2.24) is 14.9 Å². The molecule has 7 nitrogen and oxygen atoms in total. The van der Waals surface area contributed by atoms with E-state index in [1.807, 2.05) is 0 Å². The summed E-state index contributed by atoms with van der Waals surface area (Å²) in [4.78, 5) is 31.6. The molecule has 1 saturated carbocycles. The first-order valence-corrected chi connectivity index (χ1v) is 12.9. The summed E-state index contributed by atoms with van der Waals surface area (Å²) in [6, 6.07) is 9.57. The summed E-state index contributed by atoms with van der Waals surface area (Å²) in [6.45, 7) is 5.49. The largest absolute Gasteiger partial charge is 0.444 e.